The summed E-state index contributed by atoms with van der Waals surface area (Å²) in [6, 6.07) is 0. The zero-order valence-corrected chi connectivity index (χ0v) is 9.72. The molecule has 0 bridgehead atoms. The molecule has 4 heteroatoms. The fourth-order valence-electron chi connectivity index (χ4n) is 0.544. The molecule has 61 valence electrons. The van der Waals surface area contributed by atoms with E-state index in [0.29, 0.717) is 0 Å². The Morgan fingerprint density at radius 3 is 1.00 bits per heavy atom. The largest absolute Gasteiger partial charge is 0.637 e. The Balaban J connectivity index is -0.0000000600. The van der Waals surface area contributed by atoms with Crippen LogP contribution in [-0.4, -0.2) is 29.0 Å². The van der Waals surface area contributed by atoms with Crippen LogP contribution < -0.4 is 0 Å². The first-order valence-corrected chi connectivity index (χ1v) is 8.34. The van der Waals surface area contributed by atoms with Crippen molar-refractivity contribution >= 4 is 29.0 Å². The van der Waals surface area contributed by atoms with E-state index in [1.807, 2.05) is 0 Å². The van der Waals surface area contributed by atoms with Gasteiger partial charge in [-0.15, -0.1) is 0 Å². The summed E-state index contributed by atoms with van der Waals surface area (Å²) in [5, 5.41) is 0. The van der Waals surface area contributed by atoms with Crippen molar-refractivity contribution in [2.45, 2.75) is 38.0 Å². The number of hydrogen-bond donors (Lipinski definition) is 0. The minimum atomic E-state index is -0.667. The van der Waals surface area contributed by atoms with Crippen LogP contribution in [0.5, 0.6) is 0 Å². The summed E-state index contributed by atoms with van der Waals surface area (Å²) in [7, 11) is 0. The van der Waals surface area contributed by atoms with Gasteiger partial charge in [-0.1, -0.05) is 38.0 Å². The van der Waals surface area contributed by atoms with E-state index in [1.165, 1.54) is 0 Å². The zero-order chi connectivity index (χ0) is 5.86. The van der Waals surface area contributed by atoms with Crippen LogP contribution in [0.1, 0.15) is 14.9 Å². The van der Waals surface area contributed by atoms with Gasteiger partial charge in [0.25, 0.3) is 0 Å². The van der Waals surface area contributed by atoms with Crippen LogP contribution in [0.25, 0.3) is 0 Å². The Bertz CT molecular complexity index is 45.0. The van der Waals surface area contributed by atoms with E-state index in [-0.39, 0.29) is 33.4 Å². The molecular weight excluding hydrogens is 193 g/mol. The van der Waals surface area contributed by atoms with Gasteiger partial charge in [-0.05, 0) is 0 Å². The minimum absolute atomic E-state index is 0. The van der Waals surface area contributed by atoms with Gasteiger partial charge >= 0.3 is 29.0 Å². The van der Waals surface area contributed by atoms with Crippen LogP contribution in [0.3, 0.4) is 0 Å². The third kappa shape index (κ3) is 22.6. The quantitative estimate of drug-likeness (QED) is 0.641. The first-order valence-electron chi connectivity index (χ1n) is 2.78. The van der Waals surface area contributed by atoms with Gasteiger partial charge in [-0.2, -0.15) is 0 Å². The van der Waals surface area contributed by atoms with Crippen LogP contribution in [0.15, 0.2) is 0 Å². The molecule has 0 rings (SSSR count). The smallest absolute Gasteiger partial charge is 0.423 e. The molecule has 0 aliphatic heterocycles. The van der Waals surface area contributed by atoms with Crippen LogP contribution in [0, 0.1) is 0 Å². The number of hydrogen-bond acceptors (Lipinski definition) is 1. The molecule has 0 aromatic carbocycles. The molecule has 0 aromatic rings. The minimum Gasteiger partial charge on any atom is -0.637 e. The van der Waals surface area contributed by atoms with Crippen molar-refractivity contribution in [3.63, 3.8) is 0 Å². The molecule has 0 aliphatic carbocycles. The van der Waals surface area contributed by atoms with Crippen molar-refractivity contribution in [2.24, 2.45) is 0 Å². The molecule has 0 saturated heterocycles. The molecule has 1 nitrogen and oxygen atoms in total. The summed E-state index contributed by atoms with van der Waals surface area (Å²) in [5.41, 5.74) is 0. The zero-order valence-electron chi connectivity index (χ0n) is 6.01. The van der Waals surface area contributed by atoms with E-state index in [2.05, 4.69) is 23.1 Å². The molecule has 0 unspecified atom stereocenters. The third-order valence-corrected chi connectivity index (χ3v) is 4.90. The Morgan fingerprint density at radius 1 is 0.800 bits per heavy atom. The van der Waals surface area contributed by atoms with E-state index in [9.17, 15) is 0 Å². The molecule has 0 fully saturated rings. The van der Waals surface area contributed by atoms with Crippen LogP contribution in [0.2, 0.25) is 23.1 Å². The Kier molecular flexibility index (Phi) is 29.8. The van der Waals surface area contributed by atoms with Gasteiger partial charge in [0.15, 0.2) is 0 Å². The van der Waals surface area contributed by atoms with Gasteiger partial charge < -0.3 is 2.84 Å². The normalized spacial score (nSPS) is 6.00. The van der Waals surface area contributed by atoms with Crippen LogP contribution in [0.4, 0.5) is 0 Å². The average molecular weight is 213 g/mol. The molecule has 10 heavy (non-hydrogen) atoms. The molecule has 1 radical (unpaired) electrons. The Labute approximate surface area is 87.9 Å². The van der Waals surface area contributed by atoms with Crippen molar-refractivity contribution in [1.82, 2.24) is 0 Å². The van der Waals surface area contributed by atoms with E-state index in [0.717, 1.165) is 0 Å². The first kappa shape index (κ1) is 22.6. The SMILES string of the molecule is C.C.[CH3][Al]([CH3])[O][Al]([CH3])[CH3].[V]. The van der Waals surface area contributed by atoms with E-state index < -0.39 is 29.0 Å². The predicted octanol–water partition coefficient (Wildman–Crippen LogP) is 2.77. The summed E-state index contributed by atoms with van der Waals surface area (Å²) >= 11 is -1.33. The molecule has 0 N–H and O–H groups in total. The van der Waals surface area contributed by atoms with Gasteiger partial charge in [0.2, 0.25) is 0 Å². The molecule has 0 spiro atoms. The summed E-state index contributed by atoms with van der Waals surface area (Å²) in [4.78, 5) is 0. The average Bonchev–Trinajstić information content (AvgIpc) is 1.27. The molecule has 0 atom stereocenters. The fraction of sp³-hybridized carbons (Fsp3) is 1.00. The first-order chi connectivity index (χ1) is 3.13. The summed E-state index contributed by atoms with van der Waals surface area (Å²) in [5.74, 6) is 8.86. The van der Waals surface area contributed by atoms with E-state index >= 15 is 0 Å². The van der Waals surface area contributed by atoms with Gasteiger partial charge in [0.05, 0.1) is 0 Å². The number of rotatable bonds is 2. The third-order valence-electron chi connectivity index (χ3n) is 0.544. The summed E-state index contributed by atoms with van der Waals surface area (Å²) in [6.45, 7) is 0. The van der Waals surface area contributed by atoms with Crippen LogP contribution >= 0.6 is 0 Å². The van der Waals surface area contributed by atoms with Crippen LogP contribution in [-0.2, 0) is 21.4 Å². The second kappa shape index (κ2) is 13.2. The van der Waals surface area contributed by atoms with Crippen molar-refractivity contribution in [2.75, 3.05) is 0 Å². The fourth-order valence-corrected chi connectivity index (χ4v) is 4.90. The van der Waals surface area contributed by atoms with Crippen molar-refractivity contribution in [1.29, 1.82) is 0 Å². The van der Waals surface area contributed by atoms with Gasteiger partial charge in [-0.25, -0.2) is 0 Å². The van der Waals surface area contributed by atoms with Crippen molar-refractivity contribution in [3.8, 4) is 0 Å². The molecule has 0 aromatic heterocycles. The molecular formula is C6H20Al2OV. The standard InChI is InChI=1S/2CH4.4CH3.2Al.O.V/h2*1H4;4*1H3;;;;. The van der Waals surface area contributed by atoms with Gasteiger partial charge in [0.1, 0.15) is 0 Å². The Morgan fingerprint density at radius 2 is 1.00 bits per heavy atom. The second-order valence-corrected chi connectivity index (χ2v) is 7.52. The molecule has 0 amide bonds. The van der Waals surface area contributed by atoms with E-state index in [1.54, 1.807) is 0 Å². The summed E-state index contributed by atoms with van der Waals surface area (Å²) in [6.07, 6.45) is 0. The molecule has 0 heterocycles. The van der Waals surface area contributed by atoms with E-state index in [4.69, 9.17) is 2.84 Å². The Hall–Kier alpha value is 1.61. The maximum atomic E-state index is 5.53. The molecule has 0 aliphatic rings. The second-order valence-electron chi connectivity index (χ2n) is 2.23. The maximum Gasteiger partial charge on any atom is 0.423 e. The van der Waals surface area contributed by atoms with Crippen molar-refractivity contribution in [3.05, 3.63) is 0 Å². The predicted molar refractivity (Wildman–Crippen MR) is 49.5 cm³/mol. The maximum absolute atomic E-state index is 5.53. The topological polar surface area (TPSA) is 9.23 Å². The van der Waals surface area contributed by atoms with Gasteiger partial charge in [-0.3, -0.25) is 0 Å². The van der Waals surface area contributed by atoms with Gasteiger partial charge in [0, 0.05) is 18.6 Å². The molecule has 0 saturated carbocycles. The van der Waals surface area contributed by atoms with Crippen molar-refractivity contribution < 1.29 is 21.4 Å². The summed E-state index contributed by atoms with van der Waals surface area (Å²) < 4.78 is 5.53. The monoisotopic (exact) mass is 213 g/mol.